The fourth-order valence-corrected chi connectivity index (χ4v) is 2.67. The first-order valence-corrected chi connectivity index (χ1v) is 8.90. The molecule has 0 aliphatic rings. The van der Waals surface area contributed by atoms with Gasteiger partial charge < -0.3 is 19.9 Å². The number of hydrogen-bond acceptors (Lipinski definition) is 3. The first-order chi connectivity index (χ1) is 12.1. The highest BCUT2D eigenvalue weighted by Gasteiger charge is 2.09. The fourth-order valence-electron chi connectivity index (χ4n) is 2.25. The average Bonchev–Trinajstić information content (AvgIpc) is 2.86. The lowest BCUT2D eigenvalue weighted by Gasteiger charge is -2.12. The molecule has 2 N–H and O–H groups in total. The Morgan fingerprint density at radius 3 is 2.76 bits per heavy atom. The van der Waals surface area contributed by atoms with Crippen LogP contribution >= 0.6 is 23.2 Å². The Bertz CT molecular complexity index is 730. The van der Waals surface area contributed by atoms with E-state index in [1.165, 1.54) is 0 Å². The molecular formula is C17H23Cl2N5O. The molecule has 8 heteroatoms. The summed E-state index contributed by atoms with van der Waals surface area (Å²) in [5.41, 5.74) is 1.91. The molecular weight excluding hydrogens is 361 g/mol. The highest BCUT2D eigenvalue weighted by molar-refractivity contribution is 6.41. The second-order valence-electron chi connectivity index (χ2n) is 5.28. The van der Waals surface area contributed by atoms with Gasteiger partial charge in [0.1, 0.15) is 5.15 Å². The third kappa shape index (κ3) is 5.28. The lowest BCUT2D eigenvalue weighted by atomic mass is 10.3. The lowest BCUT2D eigenvalue weighted by molar-refractivity contribution is 0.323. The molecule has 0 aliphatic heterocycles. The lowest BCUT2D eigenvalue weighted by Crippen LogP contribution is -2.37. The number of hydrogen-bond donors (Lipinski definition) is 2. The molecule has 2 aromatic heterocycles. The predicted octanol–water partition coefficient (Wildman–Crippen LogP) is 3.38. The van der Waals surface area contributed by atoms with Crippen molar-refractivity contribution in [1.82, 2.24) is 20.2 Å². The van der Waals surface area contributed by atoms with Crippen LogP contribution in [-0.4, -0.2) is 28.7 Å². The smallest absolute Gasteiger partial charge is 0.218 e. The Morgan fingerprint density at radius 2 is 2.12 bits per heavy atom. The van der Waals surface area contributed by atoms with E-state index in [4.69, 9.17) is 27.9 Å². The zero-order chi connectivity index (χ0) is 18.2. The first-order valence-electron chi connectivity index (χ1n) is 8.15. The second-order valence-corrected chi connectivity index (χ2v) is 6.05. The highest BCUT2D eigenvalue weighted by atomic mass is 35.5. The maximum atomic E-state index is 6.10. The predicted molar refractivity (Wildman–Crippen MR) is 102 cm³/mol. The van der Waals surface area contributed by atoms with Crippen LogP contribution in [0.2, 0.25) is 10.2 Å². The first kappa shape index (κ1) is 19.4. The molecule has 0 aromatic carbocycles. The average molecular weight is 384 g/mol. The van der Waals surface area contributed by atoms with Crippen LogP contribution in [0.4, 0.5) is 0 Å². The van der Waals surface area contributed by atoms with E-state index < -0.39 is 0 Å². The fraction of sp³-hybridized carbons (Fsp3) is 0.412. The van der Waals surface area contributed by atoms with Crippen molar-refractivity contribution in [3.8, 4) is 5.88 Å². The van der Waals surface area contributed by atoms with Crippen molar-refractivity contribution in [2.24, 2.45) is 12.0 Å². The third-order valence-corrected chi connectivity index (χ3v) is 4.38. The van der Waals surface area contributed by atoms with Gasteiger partial charge in [-0.1, -0.05) is 29.3 Å². The van der Waals surface area contributed by atoms with Crippen molar-refractivity contribution in [2.75, 3.05) is 13.2 Å². The van der Waals surface area contributed by atoms with Gasteiger partial charge in [0, 0.05) is 31.0 Å². The molecule has 2 heterocycles. The van der Waals surface area contributed by atoms with Gasteiger partial charge in [-0.05, 0) is 26.0 Å². The van der Waals surface area contributed by atoms with Crippen LogP contribution in [0.5, 0.6) is 5.88 Å². The van der Waals surface area contributed by atoms with Crippen molar-refractivity contribution >= 4 is 29.2 Å². The van der Waals surface area contributed by atoms with E-state index in [1.807, 2.05) is 43.7 Å². The minimum atomic E-state index is 0.465. The summed E-state index contributed by atoms with van der Waals surface area (Å²) in [5, 5.41) is 7.56. The number of halogens is 2. The second kappa shape index (κ2) is 9.53. The van der Waals surface area contributed by atoms with Gasteiger partial charge in [0.2, 0.25) is 5.88 Å². The van der Waals surface area contributed by atoms with E-state index in [9.17, 15) is 0 Å². The molecule has 0 aliphatic carbocycles. The minimum absolute atomic E-state index is 0.465. The summed E-state index contributed by atoms with van der Waals surface area (Å²) in [5.74, 6) is 1.31. The molecule has 0 spiro atoms. The van der Waals surface area contributed by atoms with E-state index in [1.54, 1.807) is 6.20 Å². The summed E-state index contributed by atoms with van der Waals surface area (Å²) in [6.45, 7) is 6.30. The maximum absolute atomic E-state index is 6.10. The Balaban J connectivity index is 2.07. The Morgan fingerprint density at radius 1 is 1.32 bits per heavy atom. The summed E-state index contributed by atoms with van der Waals surface area (Å²) in [4.78, 5) is 8.84. The number of nitrogens with one attached hydrogen (secondary N) is 2. The van der Waals surface area contributed by atoms with Gasteiger partial charge in [-0.25, -0.2) is 9.98 Å². The summed E-state index contributed by atoms with van der Waals surface area (Å²) in [6.07, 6.45) is 1.71. The Hall–Kier alpha value is -1.92. The number of rotatable bonds is 7. The van der Waals surface area contributed by atoms with Crippen LogP contribution in [0, 0.1) is 0 Å². The number of aromatic nitrogens is 2. The van der Waals surface area contributed by atoms with Gasteiger partial charge in [0.05, 0.1) is 24.7 Å². The van der Waals surface area contributed by atoms with Crippen molar-refractivity contribution in [3.63, 3.8) is 0 Å². The molecule has 2 aromatic rings. The SMILES string of the molecule is CCNC(=NCc1cccnc1OCC)NCc1cc(Cl)c(Cl)n1C. The third-order valence-electron chi connectivity index (χ3n) is 3.54. The van der Waals surface area contributed by atoms with Gasteiger partial charge in [0.25, 0.3) is 0 Å². The van der Waals surface area contributed by atoms with E-state index in [0.717, 1.165) is 17.8 Å². The van der Waals surface area contributed by atoms with Crippen LogP contribution in [0.15, 0.2) is 29.4 Å². The zero-order valence-corrected chi connectivity index (χ0v) is 16.2. The maximum Gasteiger partial charge on any atom is 0.218 e. The summed E-state index contributed by atoms with van der Waals surface area (Å²) in [6, 6.07) is 5.68. The summed E-state index contributed by atoms with van der Waals surface area (Å²) >= 11 is 12.2. The molecule has 0 bridgehead atoms. The standard InChI is InChI=1S/C17H23Cl2N5O/c1-4-20-17(23-11-13-9-14(18)15(19)24(13)3)22-10-12-7-6-8-21-16(12)25-5-2/h6-9H,4-5,10-11H2,1-3H3,(H2,20,22,23). The largest absolute Gasteiger partial charge is 0.478 e. The van der Waals surface area contributed by atoms with Crippen molar-refractivity contribution in [1.29, 1.82) is 0 Å². The van der Waals surface area contributed by atoms with E-state index in [0.29, 0.717) is 41.7 Å². The molecule has 136 valence electrons. The molecule has 0 radical (unpaired) electrons. The van der Waals surface area contributed by atoms with Gasteiger partial charge >= 0.3 is 0 Å². The minimum Gasteiger partial charge on any atom is -0.478 e. The summed E-state index contributed by atoms with van der Waals surface area (Å²) in [7, 11) is 1.87. The number of nitrogens with zero attached hydrogens (tertiary/aromatic N) is 3. The van der Waals surface area contributed by atoms with Crippen LogP contribution in [0.1, 0.15) is 25.1 Å². The zero-order valence-electron chi connectivity index (χ0n) is 14.6. The van der Waals surface area contributed by atoms with Gasteiger partial charge in [-0.2, -0.15) is 0 Å². The summed E-state index contributed by atoms with van der Waals surface area (Å²) < 4.78 is 7.38. The van der Waals surface area contributed by atoms with Crippen molar-refractivity contribution in [2.45, 2.75) is 26.9 Å². The molecule has 25 heavy (non-hydrogen) atoms. The van der Waals surface area contributed by atoms with E-state index in [-0.39, 0.29) is 0 Å². The topological polar surface area (TPSA) is 63.5 Å². The Labute approximate surface area is 158 Å². The van der Waals surface area contributed by atoms with Crippen molar-refractivity contribution in [3.05, 3.63) is 45.8 Å². The molecule has 0 saturated carbocycles. The van der Waals surface area contributed by atoms with Gasteiger partial charge in [0.15, 0.2) is 5.96 Å². The number of guanidine groups is 1. The van der Waals surface area contributed by atoms with Crippen LogP contribution in [0.3, 0.4) is 0 Å². The highest BCUT2D eigenvalue weighted by Crippen LogP contribution is 2.24. The number of aliphatic imine (C=N–C) groups is 1. The molecule has 0 fully saturated rings. The molecule has 0 saturated heterocycles. The number of pyridine rings is 1. The molecule has 0 amide bonds. The number of ether oxygens (including phenoxy) is 1. The van der Waals surface area contributed by atoms with Crippen LogP contribution in [0.25, 0.3) is 0 Å². The molecule has 6 nitrogen and oxygen atoms in total. The molecule has 0 unspecified atom stereocenters. The van der Waals surface area contributed by atoms with Gasteiger partial charge in [-0.15, -0.1) is 0 Å². The van der Waals surface area contributed by atoms with Gasteiger partial charge in [-0.3, -0.25) is 0 Å². The normalized spacial score (nSPS) is 11.5. The molecule has 2 rings (SSSR count). The van der Waals surface area contributed by atoms with Crippen LogP contribution in [-0.2, 0) is 20.1 Å². The van der Waals surface area contributed by atoms with E-state index in [2.05, 4.69) is 20.6 Å². The van der Waals surface area contributed by atoms with Crippen molar-refractivity contribution < 1.29 is 4.74 Å². The van der Waals surface area contributed by atoms with Crippen LogP contribution < -0.4 is 15.4 Å². The monoisotopic (exact) mass is 383 g/mol. The quantitative estimate of drug-likeness (QED) is 0.568. The Kier molecular flexibility index (Phi) is 7.40. The molecule has 0 atom stereocenters. The van der Waals surface area contributed by atoms with E-state index >= 15 is 0 Å².